The van der Waals surface area contributed by atoms with Crippen molar-refractivity contribution in [3.05, 3.63) is 44.3 Å². The average molecular weight is 370 g/mol. The van der Waals surface area contributed by atoms with Gasteiger partial charge in [0, 0.05) is 16.3 Å². The van der Waals surface area contributed by atoms with Crippen LogP contribution in [-0.2, 0) is 6.42 Å². The van der Waals surface area contributed by atoms with Gasteiger partial charge in [0.15, 0.2) is 0 Å². The van der Waals surface area contributed by atoms with Crippen molar-refractivity contribution in [3.63, 3.8) is 0 Å². The van der Waals surface area contributed by atoms with Gasteiger partial charge in [-0.05, 0) is 40.7 Å². The topological polar surface area (TPSA) is 105 Å². The standard InChI is InChI=1S/C13H12BrN3O3S/c14-8-2-1-7(13(19)20)5-9(8)17-12(18)10-6-21-11(16-10)3-4-15/h1-2,5-6H,3-4,15H2,(H,17,18)(H,19,20). The highest BCUT2D eigenvalue weighted by atomic mass is 79.9. The molecule has 0 spiro atoms. The van der Waals surface area contributed by atoms with Gasteiger partial charge in [0.2, 0.25) is 0 Å². The molecule has 0 saturated carbocycles. The maximum atomic E-state index is 12.1. The second kappa shape index (κ2) is 6.79. The van der Waals surface area contributed by atoms with Crippen LogP contribution in [0.3, 0.4) is 0 Å². The van der Waals surface area contributed by atoms with E-state index in [-0.39, 0.29) is 11.3 Å². The summed E-state index contributed by atoms with van der Waals surface area (Å²) in [6, 6.07) is 4.40. The lowest BCUT2D eigenvalue weighted by atomic mass is 10.2. The molecule has 1 heterocycles. The van der Waals surface area contributed by atoms with Crippen LogP contribution in [0.5, 0.6) is 0 Å². The minimum Gasteiger partial charge on any atom is -0.478 e. The number of aromatic carboxylic acids is 1. The summed E-state index contributed by atoms with van der Waals surface area (Å²) in [5.41, 5.74) is 6.20. The van der Waals surface area contributed by atoms with Crippen molar-refractivity contribution in [3.8, 4) is 0 Å². The Morgan fingerprint density at radius 2 is 2.19 bits per heavy atom. The van der Waals surface area contributed by atoms with Gasteiger partial charge in [0.1, 0.15) is 5.69 Å². The Morgan fingerprint density at radius 3 is 2.86 bits per heavy atom. The van der Waals surface area contributed by atoms with Crippen molar-refractivity contribution in [2.75, 3.05) is 11.9 Å². The molecule has 2 rings (SSSR count). The smallest absolute Gasteiger partial charge is 0.335 e. The van der Waals surface area contributed by atoms with E-state index in [4.69, 9.17) is 10.8 Å². The molecule has 1 aromatic heterocycles. The number of anilines is 1. The summed E-state index contributed by atoms with van der Waals surface area (Å²) in [6.45, 7) is 0.473. The highest BCUT2D eigenvalue weighted by Gasteiger charge is 2.14. The quantitative estimate of drug-likeness (QED) is 0.749. The molecule has 0 radical (unpaired) electrons. The first-order chi connectivity index (χ1) is 10.0. The number of rotatable bonds is 5. The Balaban J connectivity index is 2.18. The molecule has 8 heteroatoms. The summed E-state index contributed by atoms with van der Waals surface area (Å²) >= 11 is 4.64. The van der Waals surface area contributed by atoms with Crippen molar-refractivity contribution in [1.29, 1.82) is 0 Å². The number of nitrogens with zero attached hydrogens (tertiary/aromatic N) is 1. The first kappa shape index (κ1) is 15.6. The number of carboxylic acids is 1. The van der Waals surface area contributed by atoms with Gasteiger partial charge < -0.3 is 16.2 Å². The van der Waals surface area contributed by atoms with Crippen LogP contribution in [0.25, 0.3) is 0 Å². The van der Waals surface area contributed by atoms with E-state index in [2.05, 4.69) is 26.2 Å². The number of hydrogen-bond acceptors (Lipinski definition) is 5. The van der Waals surface area contributed by atoms with Crippen molar-refractivity contribution in [1.82, 2.24) is 4.98 Å². The summed E-state index contributed by atoms with van der Waals surface area (Å²) < 4.78 is 0.596. The predicted molar refractivity (Wildman–Crippen MR) is 83.9 cm³/mol. The van der Waals surface area contributed by atoms with Crippen LogP contribution >= 0.6 is 27.3 Å². The van der Waals surface area contributed by atoms with Crippen molar-refractivity contribution < 1.29 is 14.7 Å². The summed E-state index contributed by atoms with van der Waals surface area (Å²) in [6.07, 6.45) is 0.621. The van der Waals surface area contributed by atoms with E-state index in [0.29, 0.717) is 23.1 Å². The molecule has 0 aliphatic carbocycles. The number of carbonyl (C=O) groups is 2. The van der Waals surface area contributed by atoms with E-state index in [0.717, 1.165) is 5.01 Å². The fourth-order valence-electron chi connectivity index (χ4n) is 1.59. The van der Waals surface area contributed by atoms with E-state index in [1.54, 1.807) is 11.4 Å². The van der Waals surface area contributed by atoms with Gasteiger partial charge in [-0.2, -0.15) is 0 Å². The van der Waals surface area contributed by atoms with Gasteiger partial charge in [-0.1, -0.05) is 0 Å². The second-order valence-corrected chi connectivity index (χ2v) is 5.92. The normalized spacial score (nSPS) is 10.4. The van der Waals surface area contributed by atoms with Crippen LogP contribution in [-0.4, -0.2) is 28.5 Å². The van der Waals surface area contributed by atoms with Crippen LogP contribution in [0.15, 0.2) is 28.1 Å². The Hall–Kier alpha value is -1.77. The molecule has 1 amide bonds. The SMILES string of the molecule is NCCc1nc(C(=O)Nc2cc(C(=O)O)ccc2Br)cs1. The largest absolute Gasteiger partial charge is 0.478 e. The molecule has 110 valence electrons. The lowest BCUT2D eigenvalue weighted by Gasteiger charge is -2.07. The van der Waals surface area contributed by atoms with E-state index in [1.807, 2.05) is 0 Å². The molecule has 6 nitrogen and oxygen atoms in total. The molecule has 0 unspecified atom stereocenters. The van der Waals surface area contributed by atoms with Crippen LogP contribution < -0.4 is 11.1 Å². The lowest BCUT2D eigenvalue weighted by Crippen LogP contribution is -2.13. The highest BCUT2D eigenvalue weighted by molar-refractivity contribution is 9.10. The molecule has 21 heavy (non-hydrogen) atoms. The Bertz CT molecular complexity index is 687. The predicted octanol–water partition coefficient (Wildman–Crippen LogP) is 2.36. The third kappa shape index (κ3) is 3.87. The van der Waals surface area contributed by atoms with Crippen molar-refractivity contribution >= 4 is 44.8 Å². The summed E-state index contributed by atoms with van der Waals surface area (Å²) in [5, 5.41) is 14.0. The van der Waals surface area contributed by atoms with Gasteiger partial charge in [-0.15, -0.1) is 11.3 Å². The maximum absolute atomic E-state index is 12.1. The van der Waals surface area contributed by atoms with Crippen molar-refractivity contribution in [2.24, 2.45) is 5.73 Å². The fourth-order valence-corrected chi connectivity index (χ4v) is 2.73. The van der Waals surface area contributed by atoms with Crippen LogP contribution in [0.2, 0.25) is 0 Å². The molecular formula is C13H12BrN3O3S. The Labute approximate surface area is 133 Å². The maximum Gasteiger partial charge on any atom is 0.335 e. The molecule has 0 aliphatic rings. The summed E-state index contributed by atoms with van der Waals surface area (Å²) in [7, 11) is 0. The highest BCUT2D eigenvalue weighted by Crippen LogP contribution is 2.24. The van der Waals surface area contributed by atoms with E-state index in [9.17, 15) is 9.59 Å². The van der Waals surface area contributed by atoms with E-state index in [1.165, 1.54) is 23.5 Å². The molecule has 0 bridgehead atoms. The number of benzene rings is 1. The molecule has 0 saturated heterocycles. The number of carbonyl (C=O) groups excluding carboxylic acids is 1. The third-order valence-electron chi connectivity index (χ3n) is 2.60. The Morgan fingerprint density at radius 1 is 1.43 bits per heavy atom. The van der Waals surface area contributed by atoms with E-state index >= 15 is 0 Å². The molecule has 1 aromatic carbocycles. The minimum atomic E-state index is -1.06. The Kier molecular flexibility index (Phi) is 5.05. The molecule has 2 aromatic rings. The van der Waals surface area contributed by atoms with E-state index < -0.39 is 11.9 Å². The van der Waals surface area contributed by atoms with Crippen molar-refractivity contribution in [2.45, 2.75) is 6.42 Å². The molecule has 0 aliphatic heterocycles. The van der Waals surface area contributed by atoms with Gasteiger partial charge in [0.25, 0.3) is 5.91 Å². The first-order valence-corrected chi connectivity index (χ1v) is 7.67. The number of aromatic nitrogens is 1. The molecule has 0 atom stereocenters. The number of nitrogens with one attached hydrogen (secondary N) is 1. The minimum absolute atomic E-state index is 0.0931. The zero-order chi connectivity index (χ0) is 15.4. The summed E-state index contributed by atoms with van der Waals surface area (Å²) in [5.74, 6) is -1.45. The average Bonchev–Trinajstić information content (AvgIpc) is 2.90. The summed E-state index contributed by atoms with van der Waals surface area (Å²) in [4.78, 5) is 27.2. The number of hydrogen-bond donors (Lipinski definition) is 3. The van der Waals surface area contributed by atoms with Gasteiger partial charge in [-0.3, -0.25) is 4.79 Å². The monoisotopic (exact) mass is 369 g/mol. The molecule has 0 fully saturated rings. The first-order valence-electron chi connectivity index (χ1n) is 6.00. The number of nitrogens with two attached hydrogens (primary N) is 1. The zero-order valence-corrected chi connectivity index (χ0v) is 13.2. The number of amides is 1. The van der Waals surface area contributed by atoms with Gasteiger partial charge >= 0.3 is 5.97 Å². The fraction of sp³-hybridized carbons (Fsp3) is 0.154. The second-order valence-electron chi connectivity index (χ2n) is 4.12. The molecule has 4 N–H and O–H groups in total. The number of thiazole rings is 1. The zero-order valence-electron chi connectivity index (χ0n) is 10.8. The van der Waals surface area contributed by atoms with Gasteiger partial charge in [0.05, 0.1) is 16.3 Å². The van der Waals surface area contributed by atoms with Gasteiger partial charge in [-0.25, -0.2) is 9.78 Å². The molecular weight excluding hydrogens is 358 g/mol. The number of carboxylic acid groups (broad SMARTS) is 1. The number of halogens is 1. The van der Waals surface area contributed by atoms with Crippen LogP contribution in [0.1, 0.15) is 25.9 Å². The lowest BCUT2D eigenvalue weighted by molar-refractivity contribution is 0.0696. The van der Waals surface area contributed by atoms with Crippen LogP contribution in [0, 0.1) is 0 Å². The third-order valence-corrected chi connectivity index (χ3v) is 4.20. The van der Waals surface area contributed by atoms with Crippen LogP contribution in [0.4, 0.5) is 5.69 Å².